The Balaban J connectivity index is 2.03. The van der Waals surface area contributed by atoms with E-state index in [1.54, 1.807) is 26.0 Å². The van der Waals surface area contributed by atoms with Crippen molar-refractivity contribution >= 4 is 23.8 Å². The maximum absolute atomic E-state index is 12.5. The highest BCUT2D eigenvalue weighted by Crippen LogP contribution is 2.46. The number of nitrogens with one attached hydrogen (secondary N) is 1. The van der Waals surface area contributed by atoms with Crippen LogP contribution in [0.4, 0.5) is 0 Å². The Labute approximate surface area is 250 Å². The quantitative estimate of drug-likeness (QED) is 0.146. The van der Waals surface area contributed by atoms with E-state index in [2.05, 4.69) is 5.32 Å². The van der Waals surface area contributed by atoms with Crippen LogP contribution in [0.1, 0.15) is 59.3 Å². The topological polar surface area (TPSA) is 196 Å². The van der Waals surface area contributed by atoms with Gasteiger partial charge >= 0.3 is 17.9 Å². The van der Waals surface area contributed by atoms with Gasteiger partial charge in [-0.3, -0.25) is 14.4 Å². The molecule has 1 unspecified atom stereocenters. The predicted octanol–water partition coefficient (Wildman–Crippen LogP) is 0.164. The average Bonchev–Trinajstić information content (AvgIpc) is 2.92. The van der Waals surface area contributed by atoms with Crippen molar-refractivity contribution in [1.29, 1.82) is 0 Å². The van der Waals surface area contributed by atoms with Crippen LogP contribution in [0.15, 0.2) is 23.8 Å². The predicted molar refractivity (Wildman–Crippen MR) is 147 cm³/mol. The van der Waals surface area contributed by atoms with Crippen molar-refractivity contribution in [2.75, 3.05) is 26.9 Å². The number of ether oxygens (including phenoxy) is 6. The molecule has 3 rings (SSSR count). The molecule has 0 spiro atoms. The summed E-state index contributed by atoms with van der Waals surface area (Å²) in [5.41, 5.74) is -1.16. The minimum atomic E-state index is -2.28. The summed E-state index contributed by atoms with van der Waals surface area (Å²) in [6.45, 7) is 4.22. The van der Waals surface area contributed by atoms with E-state index in [-0.39, 0.29) is 50.1 Å². The van der Waals surface area contributed by atoms with Crippen LogP contribution in [0, 0.1) is 5.41 Å². The molecule has 3 aliphatic heterocycles. The van der Waals surface area contributed by atoms with Gasteiger partial charge in [0.2, 0.25) is 11.7 Å². The minimum Gasteiger partial charge on any atom is -0.466 e. The van der Waals surface area contributed by atoms with Crippen LogP contribution in [0.25, 0.3) is 0 Å². The van der Waals surface area contributed by atoms with Gasteiger partial charge in [-0.2, -0.15) is 0 Å². The molecule has 0 saturated carbocycles. The Morgan fingerprint density at radius 1 is 1.16 bits per heavy atom. The van der Waals surface area contributed by atoms with E-state index in [9.17, 15) is 34.5 Å². The van der Waals surface area contributed by atoms with Crippen LogP contribution in [0.3, 0.4) is 0 Å². The van der Waals surface area contributed by atoms with E-state index in [1.807, 2.05) is 0 Å². The average molecular weight is 614 g/mol. The molecular weight excluding hydrogens is 570 g/mol. The first-order valence-corrected chi connectivity index (χ1v) is 14.3. The van der Waals surface area contributed by atoms with E-state index in [0.29, 0.717) is 13.0 Å². The van der Waals surface area contributed by atoms with Crippen molar-refractivity contribution in [1.82, 2.24) is 5.32 Å². The number of carbonyl (C=O) groups is 4. The number of amides is 1. The Hall–Kier alpha value is -2.88. The number of rotatable bonds is 3. The third-order valence-electron chi connectivity index (χ3n) is 7.57. The van der Waals surface area contributed by atoms with Gasteiger partial charge in [-0.15, -0.1) is 0 Å². The number of hydrogen-bond donors (Lipinski definition) is 4. The van der Waals surface area contributed by atoms with Crippen LogP contribution >= 0.6 is 0 Å². The third-order valence-corrected chi connectivity index (χ3v) is 7.57. The SMILES string of the molecule is COC(=O)/C=C1\CC2C[C@H](CO)OC(=O)C[C@H](O)CCNC(=O)C[C@@H]3CCO[C@H](/C=C/C(C)(C)[C@](O)(O2)[C@H]1OC(C)=O)O3. The van der Waals surface area contributed by atoms with E-state index >= 15 is 0 Å². The van der Waals surface area contributed by atoms with Gasteiger partial charge in [-0.1, -0.05) is 19.9 Å². The second-order valence-corrected chi connectivity index (χ2v) is 11.5. The first-order valence-electron chi connectivity index (χ1n) is 14.3. The lowest BCUT2D eigenvalue weighted by atomic mass is 9.74. The number of carbonyl (C=O) groups excluding carboxylic acids is 4. The Bertz CT molecular complexity index is 1070. The summed E-state index contributed by atoms with van der Waals surface area (Å²) >= 11 is 0. The fraction of sp³-hybridized carbons (Fsp3) is 0.724. The zero-order valence-electron chi connectivity index (χ0n) is 25.0. The molecule has 3 heterocycles. The maximum atomic E-state index is 12.5. The maximum Gasteiger partial charge on any atom is 0.330 e. The van der Waals surface area contributed by atoms with Gasteiger partial charge in [0.1, 0.15) is 6.10 Å². The summed E-state index contributed by atoms with van der Waals surface area (Å²) < 4.78 is 33.5. The van der Waals surface area contributed by atoms with Gasteiger partial charge in [0.05, 0.1) is 51.5 Å². The molecule has 0 aromatic rings. The first-order chi connectivity index (χ1) is 20.3. The highest BCUT2D eigenvalue weighted by atomic mass is 16.7. The molecule has 0 radical (unpaired) electrons. The smallest absolute Gasteiger partial charge is 0.330 e. The standard InChI is InChI=1S/C29H43NO13/c1-17(32)40-27-18(12-24(35)38-4)11-21-14-22(16-31)41-25(36)13-19(33)6-9-30-23(34)15-20-7-10-39-26(42-20)5-8-28(2,3)29(27,37)43-21/h5,8,12,19-22,26-27,31,33,37H,6-7,9-11,13-16H2,1-4H3,(H,30,34)/b8-5+,18-12+/t19-,20+,21?,22-,26+,27+,29-/m1/s1. The summed E-state index contributed by atoms with van der Waals surface area (Å²) in [6, 6.07) is 0. The molecule has 0 aliphatic carbocycles. The number of cyclic esters (lactones) is 1. The molecule has 1 amide bonds. The number of fused-ring (bicyclic) bond motifs is 4. The number of aliphatic hydroxyl groups excluding tert-OH is 2. The molecule has 4 bridgehead atoms. The van der Waals surface area contributed by atoms with Crippen LogP contribution in [-0.2, 0) is 47.6 Å². The lowest BCUT2D eigenvalue weighted by molar-refractivity contribution is -0.327. The van der Waals surface area contributed by atoms with Crippen molar-refractivity contribution < 1.29 is 62.9 Å². The highest BCUT2D eigenvalue weighted by Gasteiger charge is 2.57. The van der Waals surface area contributed by atoms with Crippen molar-refractivity contribution in [3.05, 3.63) is 23.8 Å². The molecule has 7 atom stereocenters. The summed E-state index contributed by atoms with van der Waals surface area (Å²) in [5.74, 6) is -4.88. The zero-order chi connectivity index (χ0) is 31.8. The first kappa shape index (κ1) is 34.6. The number of esters is 3. The van der Waals surface area contributed by atoms with Crippen LogP contribution < -0.4 is 5.32 Å². The van der Waals surface area contributed by atoms with E-state index < -0.39 is 72.5 Å². The van der Waals surface area contributed by atoms with Crippen molar-refractivity contribution in [3.8, 4) is 0 Å². The number of methoxy groups -OCH3 is 1. The summed E-state index contributed by atoms with van der Waals surface area (Å²) in [5, 5.41) is 35.2. The monoisotopic (exact) mass is 613 g/mol. The van der Waals surface area contributed by atoms with Gasteiger partial charge in [0, 0.05) is 31.4 Å². The second-order valence-electron chi connectivity index (χ2n) is 11.5. The molecule has 43 heavy (non-hydrogen) atoms. The summed E-state index contributed by atoms with van der Waals surface area (Å²) in [7, 11) is 1.17. The van der Waals surface area contributed by atoms with Crippen molar-refractivity contribution in [3.63, 3.8) is 0 Å². The van der Waals surface area contributed by atoms with E-state index in [1.165, 1.54) is 7.11 Å². The molecule has 14 nitrogen and oxygen atoms in total. The highest BCUT2D eigenvalue weighted by molar-refractivity contribution is 5.83. The largest absolute Gasteiger partial charge is 0.466 e. The molecule has 4 N–H and O–H groups in total. The van der Waals surface area contributed by atoms with Gasteiger partial charge in [0.15, 0.2) is 12.4 Å². The third kappa shape index (κ3) is 9.55. The van der Waals surface area contributed by atoms with Crippen LogP contribution in [0.2, 0.25) is 0 Å². The van der Waals surface area contributed by atoms with Gasteiger partial charge in [-0.25, -0.2) is 4.79 Å². The fourth-order valence-corrected chi connectivity index (χ4v) is 5.21. The normalized spacial score (nSPS) is 36.0. The molecule has 3 aliphatic rings. The lowest BCUT2D eigenvalue weighted by Crippen LogP contribution is -2.62. The van der Waals surface area contributed by atoms with Gasteiger partial charge in [-0.05, 0) is 30.9 Å². The molecule has 2 fully saturated rings. The molecule has 14 heteroatoms. The van der Waals surface area contributed by atoms with Crippen molar-refractivity contribution in [2.24, 2.45) is 5.41 Å². The second kappa shape index (κ2) is 15.2. The van der Waals surface area contributed by atoms with E-state index in [0.717, 1.165) is 13.0 Å². The molecule has 0 aromatic carbocycles. The lowest BCUT2D eigenvalue weighted by Gasteiger charge is -2.50. The Morgan fingerprint density at radius 2 is 1.91 bits per heavy atom. The van der Waals surface area contributed by atoms with E-state index in [4.69, 9.17) is 28.4 Å². The van der Waals surface area contributed by atoms with Crippen LogP contribution in [0.5, 0.6) is 0 Å². The summed E-state index contributed by atoms with van der Waals surface area (Å²) in [4.78, 5) is 49.5. The number of hydrogen-bond acceptors (Lipinski definition) is 13. The molecule has 2 saturated heterocycles. The molecule has 242 valence electrons. The molecular formula is C29H43NO13. The Kier molecular flexibility index (Phi) is 12.2. The minimum absolute atomic E-state index is 0.0396. The van der Waals surface area contributed by atoms with Crippen molar-refractivity contribution in [2.45, 2.75) is 102 Å². The summed E-state index contributed by atoms with van der Waals surface area (Å²) in [6.07, 6.45) is -1.62. The van der Waals surface area contributed by atoms with Gasteiger partial charge < -0.3 is 49.1 Å². The Morgan fingerprint density at radius 3 is 2.58 bits per heavy atom. The van der Waals surface area contributed by atoms with Crippen LogP contribution in [-0.4, -0.2) is 109 Å². The molecule has 0 aromatic heterocycles. The van der Waals surface area contributed by atoms with Gasteiger partial charge in [0.25, 0.3) is 0 Å². The zero-order valence-corrected chi connectivity index (χ0v) is 25.0. The number of aliphatic hydroxyl groups is 3. The fourth-order valence-electron chi connectivity index (χ4n) is 5.21.